The van der Waals surface area contributed by atoms with E-state index in [1.807, 2.05) is 0 Å². The van der Waals surface area contributed by atoms with E-state index in [2.05, 4.69) is 15.3 Å². The summed E-state index contributed by atoms with van der Waals surface area (Å²) in [5, 5.41) is 13.2. The fourth-order valence-corrected chi connectivity index (χ4v) is 2.21. The van der Waals surface area contributed by atoms with Crippen molar-refractivity contribution >= 4 is 11.8 Å². The Hall–Kier alpha value is -2.10. The van der Waals surface area contributed by atoms with Gasteiger partial charge < -0.3 is 20.9 Å². The highest BCUT2D eigenvalue weighted by Gasteiger charge is 2.33. The molecule has 0 bridgehead atoms. The predicted molar refractivity (Wildman–Crippen MR) is 75.8 cm³/mol. The number of carbonyl (C=O) groups excluding carboxylic acids is 2. The molecule has 0 spiro atoms. The second-order valence-electron chi connectivity index (χ2n) is 5.23. The maximum absolute atomic E-state index is 11.9. The quantitative estimate of drug-likeness (QED) is 0.560. The first-order valence-electron chi connectivity index (χ1n) is 6.83. The average molecular weight is 309 g/mol. The van der Waals surface area contributed by atoms with Gasteiger partial charge in [-0.3, -0.25) is 19.5 Å². The zero-order chi connectivity index (χ0) is 16.0. The van der Waals surface area contributed by atoms with Crippen LogP contribution in [0.5, 0.6) is 0 Å². The topological polar surface area (TPSA) is 131 Å². The van der Waals surface area contributed by atoms with Crippen LogP contribution in [0.25, 0.3) is 0 Å². The van der Waals surface area contributed by atoms with Gasteiger partial charge in [-0.2, -0.15) is 0 Å². The van der Waals surface area contributed by atoms with Gasteiger partial charge in [-0.25, -0.2) is 4.98 Å². The van der Waals surface area contributed by atoms with Crippen molar-refractivity contribution in [1.82, 2.24) is 20.2 Å². The number of hydrogen-bond acceptors (Lipinski definition) is 7. The number of β-amino-alcohol motifs (C(OH)–C–C–N with tert-alkyl or cyclic N) is 1. The standard InChI is InChI=1S/C13H19N5O4/c14-11(19)6-18-3-4-22-9-13(21,8-18)7-17-12(20)10-5-15-1-2-16-10/h1-2,5,21H,3-4,6-9H2,(H2,14,19)(H,17,20). The molecule has 22 heavy (non-hydrogen) atoms. The lowest BCUT2D eigenvalue weighted by Crippen LogP contribution is -2.53. The third-order valence-corrected chi connectivity index (χ3v) is 3.19. The molecule has 2 heterocycles. The van der Waals surface area contributed by atoms with Crippen LogP contribution in [0.2, 0.25) is 0 Å². The molecular formula is C13H19N5O4. The molecule has 0 aliphatic carbocycles. The van der Waals surface area contributed by atoms with Gasteiger partial charge in [-0.05, 0) is 0 Å². The molecule has 1 aromatic rings. The van der Waals surface area contributed by atoms with Gasteiger partial charge in [0.2, 0.25) is 5.91 Å². The van der Waals surface area contributed by atoms with E-state index >= 15 is 0 Å². The maximum Gasteiger partial charge on any atom is 0.271 e. The van der Waals surface area contributed by atoms with Crippen LogP contribution >= 0.6 is 0 Å². The summed E-state index contributed by atoms with van der Waals surface area (Å²) >= 11 is 0. The van der Waals surface area contributed by atoms with E-state index in [-0.39, 0.29) is 31.9 Å². The molecule has 0 saturated carbocycles. The van der Waals surface area contributed by atoms with Crippen LogP contribution in [0.4, 0.5) is 0 Å². The molecule has 4 N–H and O–H groups in total. The molecule has 120 valence electrons. The van der Waals surface area contributed by atoms with Crippen molar-refractivity contribution in [2.75, 3.05) is 39.4 Å². The molecular weight excluding hydrogens is 290 g/mol. The Morgan fingerprint density at radius 2 is 2.32 bits per heavy atom. The van der Waals surface area contributed by atoms with Crippen LogP contribution in [0, 0.1) is 0 Å². The van der Waals surface area contributed by atoms with Gasteiger partial charge in [0, 0.05) is 25.5 Å². The van der Waals surface area contributed by atoms with E-state index in [0.29, 0.717) is 13.2 Å². The number of primary amides is 1. The molecule has 1 aromatic heterocycles. The second kappa shape index (κ2) is 7.25. The van der Waals surface area contributed by atoms with E-state index in [4.69, 9.17) is 10.5 Å². The van der Waals surface area contributed by atoms with Crippen molar-refractivity contribution < 1.29 is 19.4 Å². The summed E-state index contributed by atoms with van der Waals surface area (Å²) in [5.74, 6) is -0.917. The van der Waals surface area contributed by atoms with Crippen molar-refractivity contribution in [2.24, 2.45) is 5.73 Å². The van der Waals surface area contributed by atoms with E-state index in [1.54, 1.807) is 4.90 Å². The van der Waals surface area contributed by atoms with Crippen molar-refractivity contribution in [3.05, 3.63) is 24.3 Å². The lowest BCUT2D eigenvalue weighted by molar-refractivity contribution is -0.119. The SMILES string of the molecule is NC(=O)CN1CCOCC(O)(CNC(=O)c2cnccn2)C1. The number of nitrogens with two attached hydrogens (primary N) is 1. The summed E-state index contributed by atoms with van der Waals surface area (Å²) in [5.41, 5.74) is 4.03. The van der Waals surface area contributed by atoms with Crippen LogP contribution in [0.1, 0.15) is 10.5 Å². The maximum atomic E-state index is 11.9. The summed E-state index contributed by atoms with van der Waals surface area (Å²) in [7, 11) is 0. The van der Waals surface area contributed by atoms with Gasteiger partial charge in [-0.1, -0.05) is 0 Å². The minimum absolute atomic E-state index is 0.0301. The van der Waals surface area contributed by atoms with Crippen LogP contribution in [0.15, 0.2) is 18.6 Å². The number of amides is 2. The number of ether oxygens (including phenoxy) is 1. The van der Waals surface area contributed by atoms with Crippen LogP contribution in [-0.4, -0.2) is 76.8 Å². The highest BCUT2D eigenvalue weighted by atomic mass is 16.5. The summed E-state index contributed by atoms with van der Waals surface area (Å²) < 4.78 is 5.34. The fourth-order valence-electron chi connectivity index (χ4n) is 2.21. The molecule has 1 aliphatic rings. The van der Waals surface area contributed by atoms with Gasteiger partial charge in [-0.15, -0.1) is 0 Å². The summed E-state index contributed by atoms with van der Waals surface area (Å²) in [6.07, 6.45) is 4.21. The molecule has 1 fully saturated rings. The Kier molecular flexibility index (Phi) is 5.36. The first-order valence-corrected chi connectivity index (χ1v) is 6.83. The predicted octanol–water partition coefficient (Wildman–Crippen LogP) is -2.24. The van der Waals surface area contributed by atoms with Gasteiger partial charge in [0.1, 0.15) is 11.3 Å². The molecule has 1 unspecified atom stereocenters. The summed E-state index contributed by atoms with van der Waals surface area (Å²) in [4.78, 5) is 32.3. The summed E-state index contributed by atoms with van der Waals surface area (Å²) in [6.45, 7) is 1.11. The number of aromatic nitrogens is 2. The van der Waals surface area contributed by atoms with Crippen molar-refractivity contribution in [2.45, 2.75) is 5.60 Å². The van der Waals surface area contributed by atoms with E-state index in [9.17, 15) is 14.7 Å². The van der Waals surface area contributed by atoms with Crippen molar-refractivity contribution in [1.29, 1.82) is 0 Å². The lowest BCUT2D eigenvalue weighted by atomic mass is 10.0. The van der Waals surface area contributed by atoms with Crippen LogP contribution < -0.4 is 11.1 Å². The van der Waals surface area contributed by atoms with Gasteiger partial charge in [0.25, 0.3) is 5.91 Å². The van der Waals surface area contributed by atoms with Crippen molar-refractivity contribution in [3.8, 4) is 0 Å². The second-order valence-corrected chi connectivity index (χ2v) is 5.23. The smallest absolute Gasteiger partial charge is 0.271 e. The Bertz CT molecular complexity index is 526. The third kappa shape index (κ3) is 4.72. The highest BCUT2D eigenvalue weighted by Crippen LogP contribution is 2.11. The monoisotopic (exact) mass is 309 g/mol. The molecule has 2 amide bonds. The van der Waals surface area contributed by atoms with Gasteiger partial charge in [0.05, 0.1) is 32.5 Å². The van der Waals surface area contributed by atoms with Gasteiger partial charge >= 0.3 is 0 Å². The van der Waals surface area contributed by atoms with Crippen molar-refractivity contribution in [3.63, 3.8) is 0 Å². The molecule has 9 nitrogen and oxygen atoms in total. The molecule has 1 atom stereocenters. The Morgan fingerprint density at radius 3 is 3.00 bits per heavy atom. The number of hydrogen-bond donors (Lipinski definition) is 3. The Morgan fingerprint density at radius 1 is 1.50 bits per heavy atom. The summed E-state index contributed by atoms with van der Waals surface area (Å²) in [6, 6.07) is 0. The molecule has 9 heteroatoms. The first-order chi connectivity index (χ1) is 10.5. The molecule has 2 rings (SSSR count). The number of nitrogens with zero attached hydrogens (tertiary/aromatic N) is 3. The van der Waals surface area contributed by atoms with E-state index < -0.39 is 17.4 Å². The normalized spacial score (nSPS) is 22.8. The Balaban J connectivity index is 1.94. The number of aliphatic hydroxyl groups is 1. The van der Waals surface area contributed by atoms with Gasteiger partial charge in [0.15, 0.2) is 0 Å². The van der Waals surface area contributed by atoms with E-state index in [1.165, 1.54) is 18.6 Å². The fraction of sp³-hybridized carbons (Fsp3) is 0.538. The molecule has 1 aliphatic heterocycles. The highest BCUT2D eigenvalue weighted by molar-refractivity contribution is 5.91. The van der Waals surface area contributed by atoms with Crippen LogP contribution in [0.3, 0.4) is 0 Å². The minimum Gasteiger partial charge on any atom is -0.384 e. The molecule has 0 radical (unpaired) electrons. The molecule has 0 aromatic carbocycles. The van der Waals surface area contributed by atoms with Crippen LogP contribution in [-0.2, 0) is 9.53 Å². The third-order valence-electron chi connectivity index (χ3n) is 3.19. The largest absolute Gasteiger partial charge is 0.384 e. The Labute approximate surface area is 127 Å². The average Bonchev–Trinajstić information content (AvgIpc) is 2.67. The van der Waals surface area contributed by atoms with E-state index in [0.717, 1.165) is 0 Å². The zero-order valence-corrected chi connectivity index (χ0v) is 12.1. The lowest BCUT2D eigenvalue weighted by Gasteiger charge is -2.30. The first kappa shape index (κ1) is 16.3. The number of nitrogens with one attached hydrogen (secondary N) is 1. The number of carbonyl (C=O) groups is 2. The molecule has 1 saturated heterocycles. The minimum atomic E-state index is -1.30. The zero-order valence-electron chi connectivity index (χ0n) is 12.1. The number of rotatable bonds is 5.